The first-order chi connectivity index (χ1) is 12.5. The molecule has 0 aromatic carbocycles. The second kappa shape index (κ2) is 7.96. The number of fused-ring (bicyclic) bond motifs is 1. The molecule has 1 saturated heterocycles. The molecule has 5 N–H and O–H groups in total. The molecule has 9 nitrogen and oxygen atoms in total. The zero-order chi connectivity index (χ0) is 18.7. The first-order valence-electron chi connectivity index (χ1n) is 8.30. The Morgan fingerprint density at radius 1 is 1.42 bits per heavy atom. The summed E-state index contributed by atoms with van der Waals surface area (Å²) in [5.74, 6) is 0.701. The maximum absolute atomic E-state index is 14.5. The van der Waals surface area contributed by atoms with Crippen LogP contribution in [0.3, 0.4) is 0 Å². The largest absolute Gasteiger partial charge is 0.387 e. The lowest BCUT2D eigenvalue weighted by Crippen LogP contribution is -2.37. The van der Waals surface area contributed by atoms with Crippen molar-refractivity contribution >= 4 is 29.9 Å². The molecule has 1 aromatic heterocycles. The van der Waals surface area contributed by atoms with E-state index in [2.05, 4.69) is 15.0 Å². The summed E-state index contributed by atoms with van der Waals surface area (Å²) in [5, 5.41) is 10.2. The molecule has 3 heterocycles. The van der Waals surface area contributed by atoms with E-state index >= 15 is 0 Å². The molecular formula is C16H23FN7O2+. The molecular weight excluding hydrogens is 341 g/mol. The smallest absolute Gasteiger partial charge is 0.315 e. The first kappa shape index (κ1) is 18.5. The van der Waals surface area contributed by atoms with Gasteiger partial charge in [0.05, 0.1) is 6.21 Å². The summed E-state index contributed by atoms with van der Waals surface area (Å²) in [6.07, 6.45) is 3.71. The number of nitrogens with two attached hydrogens (primary N) is 2. The Morgan fingerprint density at radius 2 is 2.23 bits per heavy atom. The molecule has 10 heteroatoms. The van der Waals surface area contributed by atoms with Crippen LogP contribution in [0.4, 0.5) is 21.7 Å². The Kier molecular flexibility index (Phi) is 5.67. The van der Waals surface area contributed by atoms with E-state index in [4.69, 9.17) is 16.2 Å². The van der Waals surface area contributed by atoms with Crippen molar-refractivity contribution in [1.29, 1.82) is 0 Å². The Bertz CT molecular complexity index is 739. The van der Waals surface area contributed by atoms with Crippen molar-refractivity contribution in [3.63, 3.8) is 0 Å². The second-order valence-corrected chi connectivity index (χ2v) is 6.23. The van der Waals surface area contributed by atoms with E-state index in [0.29, 0.717) is 31.1 Å². The fourth-order valence-corrected chi connectivity index (χ4v) is 2.90. The van der Waals surface area contributed by atoms with Crippen LogP contribution in [-0.2, 0) is 4.74 Å². The Morgan fingerprint density at radius 3 is 3.00 bits per heavy atom. The zero-order valence-electron chi connectivity index (χ0n) is 14.4. The van der Waals surface area contributed by atoms with E-state index < -0.39 is 24.5 Å². The third-order valence-electron chi connectivity index (χ3n) is 4.26. The van der Waals surface area contributed by atoms with Gasteiger partial charge in [-0.15, -0.1) is 0 Å². The average molecular weight is 364 g/mol. The van der Waals surface area contributed by atoms with E-state index in [1.54, 1.807) is 0 Å². The first-order valence-corrected chi connectivity index (χ1v) is 8.30. The monoisotopic (exact) mass is 364 g/mol. The lowest BCUT2D eigenvalue weighted by molar-refractivity contribution is -0.294. The highest BCUT2D eigenvalue weighted by Gasteiger charge is 2.44. The summed E-state index contributed by atoms with van der Waals surface area (Å²) in [6, 6.07) is 0. The number of aliphatic imine (C=N–C) groups is 1. The van der Waals surface area contributed by atoms with E-state index in [1.165, 1.54) is 23.5 Å². The number of aliphatic hydroxyl groups excluding tert-OH is 1. The maximum Gasteiger partial charge on any atom is 0.315 e. The third-order valence-corrected chi connectivity index (χ3v) is 4.26. The molecule has 0 bridgehead atoms. The molecule has 4 atom stereocenters. The van der Waals surface area contributed by atoms with E-state index in [-0.39, 0.29) is 5.82 Å². The van der Waals surface area contributed by atoms with Crippen molar-refractivity contribution < 1.29 is 18.8 Å². The van der Waals surface area contributed by atoms with Crippen molar-refractivity contribution in [2.24, 2.45) is 10.7 Å². The number of aromatic nitrogens is 2. The SMILES string of the molecule is CN(C/C=C\CN)C[C@H]1OC(C=[N+]2C=Nc3c(N)ncnc32)[C@H](F)[C@@H]1O. The van der Waals surface area contributed by atoms with Crippen LogP contribution in [0.2, 0.25) is 0 Å². The van der Waals surface area contributed by atoms with Gasteiger partial charge in [0.2, 0.25) is 6.34 Å². The van der Waals surface area contributed by atoms with Crippen molar-refractivity contribution in [1.82, 2.24) is 14.9 Å². The molecule has 0 saturated carbocycles. The van der Waals surface area contributed by atoms with Crippen LogP contribution < -0.4 is 11.5 Å². The molecule has 0 amide bonds. The second-order valence-electron chi connectivity index (χ2n) is 6.23. The van der Waals surface area contributed by atoms with Crippen LogP contribution >= 0.6 is 0 Å². The lowest BCUT2D eigenvalue weighted by Gasteiger charge is -2.21. The molecule has 1 fully saturated rings. The van der Waals surface area contributed by atoms with Gasteiger partial charge in [0.1, 0.15) is 18.3 Å². The summed E-state index contributed by atoms with van der Waals surface area (Å²) in [5.41, 5.74) is 11.6. The van der Waals surface area contributed by atoms with Gasteiger partial charge >= 0.3 is 5.82 Å². The Balaban J connectivity index is 1.69. The normalized spacial score (nSPS) is 29.3. The highest BCUT2D eigenvalue weighted by molar-refractivity contribution is 5.81. The van der Waals surface area contributed by atoms with Gasteiger partial charge in [0, 0.05) is 19.6 Å². The van der Waals surface area contributed by atoms with Crippen LogP contribution in [0.15, 0.2) is 23.5 Å². The lowest BCUT2D eigenvalue weighted by atomic mass is 10.1. The van der Waals surface area contributed by atoms with Gasteiger partial charge in [-0.1, -0.05) is 22.1 Å². The van der Waals surface area contributed by atoms with Gasteiger partial charge in [0.25, 0.3) is 5.69 Å². The number of ether oxygens (including phenoxy) is 1. The maximum atomic E-state index is 14.5. The number of hydrogen-bond acceptors (Lipinski definition) is 8. The van der Waals surface area contributed by atoms with Crippen molar-refractivity contribution in [3.8, 4) is 0 Å². The summed E-state index contributed by atoms with van der Waals surface area (Å²) in [4.78, 5) is 14.0. The topological polar surface area (TPSA) is 126 Å². The summed E-state index contributed by atoms with van der Waals surface area (Å²) in [6.45, 7) is 1.49. The predicted octanol–water partition coefficient (Wildman–Crippen LogP) is -0.640. The average Bonchev–Trinajstić information content (AvgIpc) is 3.14. The van der Waals surface area contributed by atoms with Crippen LogP contribution in [0.25, 0.3) is 0 Å². The molecule has 26 heavy (non-hydrogen) atoms. The number of nitrogen functional groups attached to an aromatic ring is 1. The third kappa shape index (κ3) is 3.78. The van der Waals surface area contributed by atoms with Gasteiger partial charge in [-0.2, -0.15) is 4.98 Å². The standard InChI is InChI=1S/C16H23FN7O2/c1-23(5-3-2-4-18)6-11-14(25)12(17)10(26-11)7-24-9-22-13-15(19)20-8-21-16(13)24/h2-3,7-12,14,25H,4-6,18H2,1H3,(H2,19,20,21)/q+1/b3-2-,24-7?/t10?,11-,12+,14-/m1/s1. The number of aliphatic hydroxyl groups is 1. The molecule has 2 aliphatic rings. The minimum atomic E-state index is -1.55. The minimum absolute atomic E-state index is 0.247. The molecule has 1 aromatic rings. The molecule has 0 aliphatic carbocycles. The van der Waals surface area contributed by atoms with Gasteiger partial charge in [-0.05, 0) is 7.05 Å². The van der Waals surface area contributed by atoms with Crippen molar-refractivity contribution in [2.75, 3.05) is 32.4 Å². The molecule has 0 spiro atoms. The summed E-state index contributed by atoms with van der Waals surface area (Å²) < 4.78 is 21.8. The molecule has 1 unspecified atom stereocenters. The Hall–Kier alpha value is -2.27. The molecule has 3 rings (SSSR count). The van der Waals surface area contributed by atoms with E-state index in [9.17, 15) is 9.50 Å². The highest BCUT2D eigenvalue weighted by atomic mass is 19.1. The number of likely N-dealkylation sites (N-methyl/N-ethyl adjacent to an activating group) is 1. The quantitative estimate of drug-likeness (QED) is 0.453. The minimum Gasteiger partial charge on any atom is -0.387 e. The van der Waals surface area contributed by atoms with E-state index in [0.717, 1.165) is 0 Å². The Labute approximate surface area is 150 Å². The molecule has 140 valence electrons. The zero-order valence-corrected chi connectivity index (χ0v) is 14.4. The fraction of sp³-hybridized carbons (Fsp3) is 0.500. The fourth-order valence-electron chi connectivity index (χ4n) is 2.90. The van der Waals surface area contributed by atoms with Crippen LogP contribution in [-0.4, -0.2) is 88.3 Å². The number of nitrogens with zero attached hydrogens (tertiary/aromatic N) is 5. The molecule has 0 radical (unpaired) electrons. The van der Waals surface area contributed by atoms with Gasteiger partial charge in [0.15, 0.2) is 18.3 Å². The number of rotatable bonds is 6. The van der Waals surface area contributed by atoms with Crippen LogP contribution in [0.1, 0.15) is 0 Å². The van der Waals surface area contributed by atoms with Crippen LogP contribution in [0, 0.1) is 0 Å². The van der Waals surface area contributed by atoms with Crippen molar-refractivity contribution in [3.05, 3.63) is 18.5 Å². The number of hydrogen-bond donors (Lipinski definition) is 3. The number of alkyl halides is 1. The van der Waals surface area contributed by atoms with Crippen LogP contribution in [0.5, 0.6) is 0 Å². The van der Waals surface area contributed by atoms with Gasteiger partial charge in [-0.3, -0.25) is 0 Å². The highest BCUT2D eigenvalue weighted by Crippen LogP contribution is 2.33. The molecule has 2 aliphatic heterocycles. The predicted molar refractivity (Wildman–Crippen MR) is 95.8 cm³/mol. The summed E-state index contributed by atoms with van der Waals surface area (Å²) in [7, 11) is 1.87. The van der Waals surface area contributed by atoms with Gasteiger partial charge < -0.3 is 26.2 Å². The number of anilines is 1. The van der Waals surface area contributed by atoms with E-state index in [1.807, 2.05) is 24.1 Å². The van der Waals surface area contributed by atoms with Gasteiger partial charge in [-0.25, -0.2) is 8.97 Å². The summed E-state index contributed by atoms with van der Waals surface area (Å²) >= 11 is 0. The number of halogens is 1. The van der Waals surface area contributed by atoms with Crippen molar-refractivity contribution in [2.45, 2.75) is 24.5 Å².